The Morgan fingerprint density at radius 3 is 1.44 bits per heavy atom. The highest BCUT2D eigenvalue weighted by Gasteiger charge is 2.57. The zero-order chi connectivity index (χ0) is 17.8. The molecule has 1 N–H and O–H groups in total. The summed E-state index contributed by atoms with van der Waals surface area (Å²) in [5.41, 5.74) is 3.82. The fourth-order valence-corrected chi connectivity index (χ4v) is 10.4. The monoisotopic (exact) mass is 362 g/mol. The molecule has 0 saturated heterocycles. The minimum atomic E-state index is 0.318. The van der Waals surface area contributed by atoms with Crippen LogP contribution in [0.15, 0.2) is 18.2 Å². The van der Waals surface area contributed by atoms with Crippen LogP contribution < -0.4 is 0 Å². The lowest BCUT2D eigenvalue weighted by Crippen LogP contribution is -2.52. The maximum atomic E-state index is 11.3. The summed E-state index contributed by atoms with van der Waals surface area (Å²) in [6, 6.07) is 6.67. The van der Waals surface area contributed by atoms with Gasteiger partial charge in [-0.3, -0.25) is 0 Å². The quantitative estimate of drug-likeness (QED) is 0.652. The van der Waals surface area contributed by atoms with E-state index in [9.17, 15) is 5.11 Å². The Labute approximate surface area is 163 Å². The predicted molar refractivity (Wildman–Crippen MR) is 108 cm³/mol. The first kappa shape index (κ1) is 15.9. The van der Waals surface area contributed by atoms with Crippen molar-refractivity contribution in [1.29, 1.82) is 0 Å². The van der Waals surface area contributed by atoms with Gasteiger partial charge in [0.2, 0.25) is 0 Å². The Kier molecular flexibility index (Phi) is 3.02. The molecule has 9 rings (SSSR count). The fourth-order valence-electron chi connectivity index (χ4n) is 10.4. The summed E-state index contributed by atoms with van der Waals surface area (Å²) < 4.78 is 0. The van der Waals surface area contributed by atoms with Gasteiger partial charge >= 0.3 is 0 Å². The minimum absolute atomic E-state index is 0.318. The van der Waals surface area contributed by atoms with E-state index in [4.69, 9.17) is 0 Å². The van der Waals surface area contributed by atoms with E-state index in [2.05, 4.69) is 12.1 Å². The molecule has 144 valence electrons. The Bertz CT molecular complexity index is 719. The standard InChI is InChI=1S/C26H34O/c27-23-3-1-2-22(25-10-16-4-17(11-25)6-18(5-16)12-25)24(23)26-13-19-7-20(14-26)9-21(8-19)15-26/h1-3,16-21,27H,4-15H2. The first-order valence-electron chi connectivity index (χ1n) is 11.9. The molecule has 0 atom stereocenters. The number of hydrogen-bond donors (Lipinski definition) is 1. The van der Waals surface area contributed by atoms with Crippen molar-refractivity contribution >= 4 is 0 Å². The summed E-state index contributed by atoms with van der Waals surface area (Å²) in [6.07, 6.45) is 17.3. The van der Waals surface area contributed by atoms with Crippen LogP contribution in [0.1, 0.15) is 88.2 Å². The predicted octanol–water partition coefficient (Wildman–Crippen LogP) is 6.33. The van der Waals surface area contributed by atoms with Crippen LogP contribution in [0.2, 0.25) is 0 Å². The number of phenols is 1. The Morgan fingerprint density at radius 2 is 1.00 bits per heavy atom. The smallest absolute Gasteiger partial charge is 0.119 e. The van der Waals surface area contributed by atoms with Crippen LogP contribution in [-0.2, 0) is 10.8 Å². The van der Waals surface area contributed by atoms with Crippen molar-refractivity contribution in [1.82, 2.24) is 0 Å². The summed E-state index contributed by atoms with van der Waals surface area (Å²) in [5, 5.41) is 11.3. The van der Waals surface area contributed by atoms with Crippen molar-refractivity contribution in [3.05, 3.63) is 29.3 Å². The van der Waals surface area contributed by atoms with E-state index in [0.717, 1.165) is 35.5 Å². The Balaban J connectivity index is 1.39. The highest BCUT2D eigenvalue weighted by atomic mass is 16.3. The lowest BCUT2D eigenvalue weighted by atomic mass is 9.44. The van der Waals surface area contributed by atoms with Gasteiger partial charge in [0.1, 0.15) is 5.75 Å². The van der Waals surface area contributed by atoms with Crippen LogP contribution in [0.5, 0.6) is 5.75 Å². The average Bonchev–Trinajstić information content (AvgIpc) is 2.59. The van der Waals surface area contributed by atoms with Gasteiger partial charge in [0.05, 0.1) is 0 Å². The molecule has 8 aliphatic carbocycles. The molecule has 1 aromatic carbocycles. The SMILES string of the molecule is Oc1cccc(C23CC4CC(CC(C4)C2)C3)c1C12CC3CC(CC(C3)C1)C2. The maximum Gasteiger partial charge on any atom is 0.119 e. The lowest BCUT2D eigenvalue weighted by Gasteiger charge is -2.60. The van der Waals surface area contributed by atoms with E-state index >= 15 is 0 Å². The third-order valence-electron chi connectivity index (χ3n) is 10.2. The molecular formula is C26H34O. The molecule has 1 heteroatoms. The van der Waals surface area contributed by atoms with Gasteiger partial charge in [-0.25, -0.2) is 0 Å². The third kappa shape index (κ3) is 2.12. The maximum absolute atomic E-state index is 11.3. The molecule has 8 bridgehead atoms. The average molecular weight is 363 g/mol. The zero-order valence-electron chi connectivity index (χ0n) is 16.6. The van der Waals surface area contributed by atoms with E-state index in [-0.39, 0.29) is 0 Å². The molecule has 1 nitrogen and oxygen atoms in total. The van der Waals surface area contributed by atoms with Gasteiger partial charge in [0, 0.05) is 11.0 Å². The number of phenolic OH excluding ortho intramolecular Hbond substituents is 1. The van der Waals surface area contributed by atoms with Crippen molar-refractivity contribution in [2.24, 2.45) is 35.5 Å². The minimum Gasteiger partial charge on any atom is -0.508 e. The molecule has 0 aromatic heterocycles. The molecule has 8 fully saturated rings. The van der Waals surface area contributed by atoms with Crippen LogP contribution in [0.4, 0.5) is 0 Å². The van der Waals surface area contributed by atoms with Crippen LogP contribution in [0, 0.1) is 35.5 Å². The van der Waals surface area contributed by atoms with Crippen LogP contribution >= 0.6 is 0 Å². The summed E-state index contributed by atoms with van der Waals surface area (Å²) in [5.74, 6) is 6.42. The first-order chi connectivity index (χ1) is 13.1. The van der Waals surface area contributed by atoms with Gasteiger partial charge < -0.3 is 5.11 Å². The van der Waals surface area contributed by atoms with E-state index in [0.29, 0.717) is 16.6 Å². The van der Waals surface area contributed by atoms with Gasteiger partial charge in [0.25, 0.3) is 0 Å². The summed E-state index contributed by atoms with van der Waals surface area (Å²) >= 11 is 0. The summed E-state index contributed by atoms with van der Waals surface area (Å²) in [6.45, 7) is 0. The number of benzene rings is 1. The molecule has 0 unspecified atom stereocenters. The molecule has 0 aliphatic heterocycles. The number of rotatable bonds is 2. The summed E-state index contributed by atoms with van der Waals surface area (Å²) in [4.78, 5) is 0. The van der Waals surface area contributed by atoms with E-state index < -0.39 is 0 Å². The molecule has 8 saturated carbocycles. The second kappa shape index (κ2) is 5.14. The zero-order valence-corrected chi connectivity index (χ0v) is 16.6. The van der Waals surface area contributed by atoms with E-state index in [1.165, 1.54) is 82.6 Å². The van der Waals surface area contributed by atoms with Gasteiger partial charge in [0.15, 0.2) is 0 Å². The molecule has 0 spiro atoms. The first-order valence-corrected chi connectivity index (χ1v) is 11.9. The van der Waals surface area contributed by atoms with E-state index in [1.54, 1.807) is 5.56 Å². The molecular weight excluding hydrogens is 328 g/mol. The van der Waals surface area contributed by atoms with E-state index in [1.807, 2.05) is 6.07 Å². The topological polar surface area (TPSA) is 20.2 Å². The highest BCUT2D eigenvalue weighted by Crippen LogP contribution is 2.66. The number of aromatic hydroxyl groups is 1. The third-order valence-corrected chi connectivity index (χ3v) is 10.2. The molecule has 0 heterocycles. The number of hydrogen-bond acceptors (Lipinski definition) is 1. The molecule has 0 amide bonds. The van der Waals surface area contributed by atoms with Crippen molar-refractivity contribution in [3.63, 3.8) is 0 Å². The van der Waals surface area contributed by atoms with Crippen molar-refractivity contribution in [3.8, 4) is 5.75 Å². The van der Waals surface area contributed by atoms with Gasteiger partial charge in [-0.1, -0.05) is 12.1 Å². The molecule has 1 aromatic rings. The Hall–Kier alpha value is -0.980. The normalized spacial score (nSPS) is 51.9. The molecule has 27 heavy (non-hydrogen) atoms. The van der Waals surface area contributed by atoms with Crippen LogP contribution in [0.25, 0.3) is 0 Å². The van der Waals surface area contributed by atoms with Crippen LogP contribution in [0.3, 0.4) is 0 Å². The van der Waals surface area contributed by atoms with Crippen LogP contribution in [-0.4, -0.2) is 5.11 Å². The van der Waals surface area contributed by atoms with Gasteiger partial charge in [-0.05, 0) is 130 Å². The largest absolute Gasteiger partial charge is 0.508 e. The second-order valence-corrected chi connectivity index (χ2v) is 12.1. The fraction of sp³-hybridized carbons (Fsp3) is 0.769. The van der Waals surface area contributed by atoms with Crippen molar-refractivity contribution in [2.45, 2.75) is 87.9 Å². The van der Waals surface area contributed by atoms with Gasteiger partial charge in [-0.2, -0.15) is 0 Å². The molecule has 8 aliphatic rings. The van der Waals surface area contributed by atoms with Crippen molar-refractivity contribution in [2.75, 3.05) is 0 Å². The summed E-state index contributed by atoms with van der Waals surface area (Å²) in [7, 11) is 0. The van der Waals surface area contributed by atoms with Crippen molar-refractivity contribution < 1.29 is 5.11 Å². The lowest BCUT2D eigenvalue weighted by molar-refractivity contribution is -0.0182. The molecule has 0 radical (unpaired) electrons. The highest BCUT2D eigenvalue weighted by molar-refractivity contribution is 5.50. The second-order valence-electron chi connectivity index (χ2n) is 12.1. The van der Waals surface area contributed by atoms with Gasteiger partial charge in [-0.15, -0.1) is 0 Å². The Morgan fingerprint density at radius 1 is 0.593 bits per heavy atom.